The van der Waals surface area contributed by atoms with Crippen LogP contribution in [0.1, 0.15) is 49.8 Å². The molecule has 1 unspecified atom stereocenters. The molecule has 1 aliphatic carbocycles. The molecule has 1 fully saturated rings. The molecule has 0 heterocycles. The molecule has 0 aromatic heterocycles. The van der Waals surface area contributed by atoms with Crippen molar-refractivity contribution in [2.75, 3.05) is 0 Å². The van der Waals surface area contributed by atoms with Gasteiger partial charge in [0.2, 0.25) is 0 Å². The first-order valence-electron chi connectivity index (χ1n) is 6.79. The molecule has 0 radical (unpaired) electrons. The van der Waals surface area contributed by atoms with E-state index in [4.69, 9.17) is 0 Å². The Morgan fingerprint density at radius 3 is 2.67 bits per heavy atom. The zero-order valence-corrected chi connectivity index (χ0v) is 10.9. The van der Waals surface area contributed by atoms with Crippen LogP contribution < -0.4 is 5.32 Å². The van der Waals surface area contributed by atoms with Gasteiger partial charge in [0.15, 0.2) is 0 Å². The number of hydrogen-bond donors (Lipinski definition) is 2. The van der Waals surface area contributed by atoms with Gasteiger partial charge in [-0.25, -0.2) is 0 Å². The molecule has 2 N–H and O–H groups in total. The van der Waals surface area contributed by atoms with Crippen molar-refractivity contribution in [2.24, 2.45) is 0 Å². The maximum absolute atomic E-state index is 11.5. The number of aryl methyl sites for hydroxylation is 1. The van der Waals surface area contributed by atoms with E-state index in [2.05, 4.69) is 12.2 Å². The summed E-state index contributed by atoms with van der Waals surface area (Å²) in [4.78, 5) is 11.5. The van der Waals surface area contributed by atoms with E-state index in [1.165, 1.54) is 12.8 Å². The van der Waals surface area contributed by atoms with Crippen molar-refractivity contribution in [2.45, 2.75) is 51.1 Å². The third-order valence-electron chi connectivity index (χ3n) is 3.75. The predicted molar refractivity (Wildman–Crippen MR) is 71.6 cm³/mol. The molecule has 3 nitrogen and oxygen atoms in total. The summed E-state index contributed by atoms with van der Waals surface area (Å²) in [6.45, 7) is 2.06. The summed E-state index contributed by atoms with van der Waals surface area (Å²) in [6.07, 6.45) is 5.47. The van der Waals surface area contributed by atoms with Crippen molar-refractivity contribution < 1.29 is 9.90 Å². The first kappa shape index (κ1) is 13.1. The molecule has 1 atom stereocenters. The fourth-order valence-corrected chi connectivity index (χ4v) is 2.76. The summed E-state index contributed by atoms with van der Waals surface area (Å²) in [7, 11) is 0. The molecule has 0 bridgehead atoms. The minimum atomic E-state index is -0.775. The molecule has 1 aliphatic rings. The molecule has 0 spiro atoms. The van der Waals surface area contributed by atoms with Gasteiger partial charge in [-0.15, -0.1) is 0 Å². The number of aliphatic carboxylic acids is 1. The van der Waals surface area contributed by atoms with Crippen LogP contribution in [0.3, 0.4) is 0 Å². The molecule has 0 saturated heterocycles. The quantitative estimate of drug-likeness (QED) is 0.841. The Kier molecular flexibility index (Phi) is 4.37. The molecule has 1 aromatic rings. The van der Waals surface area contributed by atoms with E-state index in [1.807, 2.05) is 24.3 Å². The van der Waals surface area contributed by atoms with Gasteiger partial charge < -0.3 is 5.11 Å². The van der Waals surface area contributed by atoms with Crippen LogP contribution in [-0.4, -0.2) is 17.1 Å². The van der Waals surface area contributed by atoms with Crippen molar-refractivity contribution in [3.8, 4) is 0 Å². The summed E-state index contributed by atoms with van der Waals surface area (Å²) in [5, 5.41) is 12.8. The Morgan fingerprint density at radius 2 is 2.06 bits per heavy atom. The summed E-state index contributed by atoms with van der Waals surface area (Å²) in [5.74, 6) is -0.775. The van der Waals surface area contributed by atoms with Crippen molar-refractivity contribution in [3.63, 3.8) is 0 Å². The SMILES string of the molecule is CCc1ccccc1C(NC1CCCC1)C(=O)O. The Morgan fingerprint density at radius 1 is 1.39 bits per heavy atom. The van der Waals surface area contributed by atoms with E-state index in [0.29, 0.717) is 6.04 Å². The fraction of sp³-hybridized carbons (Fsp3) is 0.533. The molecular formula is C15H21NO2. The molecule has 0 amide bonds. The van der Waals surface area contributed by atoms with Gasteiger partial charge in [0.1, 0.15) is 6.04 Å². The maximum atomic E-state index is 11.5. The molecular weight excluding hydrogens is 226 g/mol. The number of carboxylic acid groups (broad SMARTS) is 1. The molecule has 1 saturated carbocycles. The van der Waals surface area contributed by atoms with Gasteiger partial charge in [-0.1, -0.05) is 44.0 Å². The first-order valence-corrected chi connectivity index (χ1v) is 6.79. The smallest absolute Gasteiger partial charge is 0.325 e. The van der Waals surface area contributed by atoms with Crippen LogP contribution in [0, 0.1) is 0 Å². The molecule has 0 aliphatic heterocycles. The highest BCUT2D eigenvalue weighted by molar-refractivity contribution is 5.76. The first-order chi connectivity index (χ1) is 8.72. The van der Waals surface area contributed by atoms with Crippen LogP contribution in [0.25, 0.3) is 0 Å². The standard InChI is InChI=1S/C15H21NO2/c1-2-11-7-3-6-10-13(11)14(15(17)18)16-12-8-4-5-9-12/h3,6-7,10,12,14,16H,2,4-5,8-9H2,1H3,(H,17,18). The van der Waals surface area contributed by atoms with Gasteiger partial charge in [0.05, 0.1) is 0 Å². The van der Waals surface area contributed by atoms with Crippen LogP contribution in [0.5, 0.6) is 0 Å². The lowest BCUT2D eigenvalue weighted by molar-refractivity contribution is -0.139. The van der Waals surface area contributed by atoms with Crippen molar-refractivity contribution in [3.05, 3.63) is 35.4 Å². The van der Waals surface area contributed by atoms with Crippen LogP contribution in [0.15, 0.2) is 24.3 Å². The van der Waals surface area contributed by atoms with E-state index < -0.39 is 12.0 Å². The molecule has 18 heavy (non-hydrogen) atoms. The highest BCUT2D eigenvalue weighted by Crippen LogP contribution is 2.24. The van der Waals surface area contributed by atoms with Gasteiger partial charge in [-0.2, -0.15) is 0 Å². The second-order valence-electron chi connectivity index (χ2n) is 4.97. The van der Waals surface area contributed by atoms with Crippen molar-refractivity contribution >= 4 is 5.97 Å². The van der Waals surface area contributed by atoms with Gasteiger partial charge in [-0.3, -0.25) is 10.1 Å². The molecule has 98 valence electrons. The summed E-state index contributed by atoms with van der Waals surface area (Å²) < 4.78 is 0. The molecule has 2 rings (SSSR count). The topological polar surface area (TPSA) is 49.3 Å². The van der Waals surface area contributed by atoms with Crippen molar-refractivity contribution in [1.82, 2.24) is 5.32 Å². The summed E-state index contributed by atoms with van der Waals surface area (Å²) in [6, 6.07) is 7.62. The number of rotatable bonds is 5. The van der Waals surface area contributed by atoms with E-state index in [0.717, 1.165) is 30.4 Å². The second-order valence-corrected chi connectivity index (χ2v) is 4.97. The highest BCUT2D eigenvalue weighted by Gasteiger charge is 2.26. The highest BCUT2D eigenvalue weighted by atomic mass is 16.4. The zero-order valence-electron chi connectivity index (χ0n) is 10.9. The van der Waals surface area contributed by atoms with Crippen LogP contribution in [-0.2, 0) is 11.2 Å². The summed E-state index contributed by atoms with van der Waals surface area (Å²) in [5.41, 5.74) is 2.04. The van der Waals surface area contributed by atoms with E-state index in [9.17, 15) is 9.90 Å². The third-order valence-corrected chi connectivity index (χ3v) is 3.75. The van der Waals surface area contributed by atoms with Gasteiger partial charge >= 0.3 is 5.97 Å². The monoisotopic (exact) mass is 247 g/mol. The normalized spacial score (nSPS) is 17.8. The number of benzene rings is 1. The van der Waals surface area contributed by atoms with E-state index in [-0.39, 0.29) is 0 Å². The second kappa shape index (κ2) is 6.01. The zero-order chi connectivity index (χ0) is 13.0. The average molecular weight is 247 g/mol. The van der Waals surface area contributed by atoms with Gasteiger partial charge in [-0.05, 0) is 30.4 Å². The van der Waals surface area contributed by atoms with Gasteiger partial charge in [0, 0.05) is 6.04 Å². The lowest BCUT2D eigenvalue weighted by atomic mass is 9.98. The third kappa shape index (κ3) is 2.91. The van der Waals surface area contributed by atoms with E-state index in [1.54, 1.807) is 0 Å². The maximum Gasteiger partial charge on any atom is 0.325 e. The number of carbonyl (C=O) groups is 1. The average Bonchev–Trinajstić information content (AvgIpc) is 2.88. The molecule has 1 aromatic carbocycles. The predicted octanol–water partition coefficient (Wildman–Crippen LogP) is 2.91. The van der Waals surface area contributed by atoms with Gasteiger partial charge in [0.25, 0.3) is 0 Å². The lowest BCUT2D eigenvalue weighted by Crippen LogP contribution is -2.36. The minimum Gasteiger partial charge on any atom is -0.480 e. The number of carboxylic acids is 1. The lowest BCUT2D eigenvalue weighted by Gasteiger charge is -2.21. The van der Waals surface area contributed by atoms with Crippen LogP contribution >= 0.6 is 0 Å². The fourth-order valence-electron chi connectivity index (χ4n) is 2.76. The summed E-state index contributed by atoms with van der Waals surface area (Å²) >= 11 is 0. The number of nitrogens with one attached hydrogen (secondary N) is 1. The van der Waals surface area contributed by atoms with Crippen molar-refractivity contribution in [1.29, 1.82) is 0 Å². The Labute approximate surface area is 108 Å². The van der Waals surface area contributed by atoms with E-state index >= 15 is 0 Å². The Hall–Kier alpha value is -1.35. The Bertz CT molecular complexity index is 411. The molecule has 3 heteroatoms. The Balaban J connectivity index is 2.20. The minimum absolute atomic E-state index is 0.357. The largest absolute Gasteiger partial charge is 0.480 e. The number of hydrogen-bond acceptors (Lipinski definition) is 2. The van der Waals surface area contributed by atoms with Crippen LogP contribution in [0.4, 0.5) is 0 Å². The van der Waals surface area contributed by atoms with Crippen LogP contribution in [0.2, 0.25) is 0 Å².